The first-order chi connectivity index (χ1) is 3.66. The van der Waals surface area contributed by atoms with Crippen molar-refractivity contribution in [2.24, 2.45) is 5.73 Å². The number of nitrogens with zero attached hydrogens (tertiary/aromatic N) is 1. The van der Waals surface area contributed by atoms with Gasteiger partial charge >= 0.3 is 51.4 Å². The van der Waals surface area contributed by atoms with Crippen molar-refractivity contribution in [1.29, 1.82) is 0 Å². The Kier molecular flexibility index (Phi) is 9.27. The molecule has 0 aromatic heterocycles. The van der Waals surface area contributed by atoms with Crippen molar-refractivity contribution in [3.63, 3.8) is 0 Å². The Hall–Kier alpha value is 0.646. The SMILES string of the molecule is C[N-]C(=O)/C=C(/C)N.[K+]. The van der Waals surface area contributed by atoms with Gasteiger partial charge in [-0.2, -0.15) is 0 Å². The van der Waals surface area contributed by atoms with E-state index >= 15 is 0 Å². The van der Waals surface area contributed by atoms with Crippen LogP contribution in [0.1, 0.15) is 6.92 Å². The molecule has 0 radical (unpaired) electrons. The molecule has 4 heteroatoms. The van der Waals surface area contributed by atoms with Gasteiger partial charge in [-0.25, -0.2) is 0 Å². The quantitative estimate of drug-likeness (QED) is 0.330. The maximum absolute atomic E-state index is 10.3. The number of allylic oxidation sites excluding steroid dienone is 1. The molecular weight excluding hydrogens is 143 g/mol. The molecule has 0 spiro atoms. The molecule has 1 amide bonds. The maximum atomic E-state index is 10.3. The predicted octanol–water partition coefficient (Wildman–Crippen LogP) is -2.62. The van der Waals surface area contributed by atoms with Crippen LogP contribution in [-0.4, -0.2) is 13.0 Å². The summed E-state index contributed by atoms with van der Waals surface area (Å²) < 4.78 is 0. The molecule has 0 aliphatic rings. The van der Waals surface area contributed by atoms with Crippen LogP contribution in [-0.2, 0) is 4.79 Å². The van der Waals surface area contributed by atoms with Crippen molar-refractivity contribution < 1.29 is 56.2 Å². The normalized spacial score (nSPS) is 9.78. The summed E-state index contributed by atoms with van der Waals surface area (Å²) >= 11 is 0. The van der Waals surface area contributed by atoms with Crippen LogP contribution >= 0.6 is 0 Å². The topological polar surface area (TPSA) is 57.2 Å². The second-order valence-corrected chi connectivity index (χ2v) is 1.45. The van der Waals surface area contributed by atoms with Crippen molar-refractivity contribution in [3.8, 4) is 0 Å². The Morgan fingerprint density at radius 2 is 2.11 bits per heavy atom. The number of carbonyl (C=O) groups excluding carboxylic acids is 1. The molecular formula is C5H9KN2O. The van der Waals surface area contributed by atoms with Gasteiger partial charge in [0.05, 0.1) is 5.91 Å². The van der Waals surface area contributed by atoms with E-state index in [0.717, 1.165) is 0 Å². The van der Waals surface area contributed by atoms with Crippen LogP contribution in [0.25, 0.3) is 5.32 Å². The fraction of sp³-hybridized carbons (Fsp3) is 0.400. The minimum Gasteiger partial charge on any atom is -0.652 e. The van der Waals surface area contributed by atoms with Crippen molar-refractivity contribution in [3.05, 3.63) is 17.1 Å². The van der Waals surface area contributed by atoms with E-state index in [4.69, 9.17) is 5.73 Å². The molecule has 0 bridgehead atoms. The van der Waals surface area contributed by atoms with E-state index in [2.05, 4.69) is 5.32 Å². The van der Waals surface area contributed by atoms with Crippen molar-refractivity contribution >= 4 is 5.91 Å². The van der Waals surface area contributed by atoms with Crippen LogP contribution in [0.3, 0.4) is 0 Å². The predicted molar refractivity (Wildman–Crippen MR) is 32.2 cm³/mol. The molecule has 0 aliphatic heterocycles. The first-order valence-corrected chi connectivity index (χ1v) is 2.24. The molecule has 2 N–H and O–H groups in total. The van der Waals surface area contributed by atoms with Crippen molar-refractivity contribution in [1.82, 2.24) is 0 Å². The molecule has 0 atom stereocenters. The smallest absolute Gasteiger partial charge is 0.652 e. The molecule has 0 aromatic rings. The standard InChI is InChI=1S/C5H10N2O.K/c1-4(6)3-5(8)7-2;/h3H,1-2H3,(H3,6,7,8);/q;+1/p-1. The number of hydrogen-bond acceptors (Lipinski definition) is 2. The van der Waals surface area contributed by atoms with Gasteiger partial charge in [0.15, 0.2) is 0 Å². The van der Waals surface area contributed by atoms with Gasteiger partial charge in [0, 0.05) is 5.70 Å². The molecule has 0 heterocycles. The minimum absolute atomic E-state index is 0. The van der Waals surface area contributed by atoms with Crippen LogP contribution in [0, 0.1) is 0 Å². The summed E-state index contributed by atoms with van der Waals surface area (Å²) in [5, 5.41) is 3.33. The van der Waals surface area contributed by atoms with Gasteiger partial charge < -0.3 is 15.8 Å². The zero-order chi connectivity index (χ0) is 6.57. The van der Waals surface area contributed by atoms with Gasteiger partial charge in [0.2, 0.25) is 0 Å². The minimum atomic E-state index is -0.287. The Balaban J connectivity index is 0. The Labute approximate surface area is 97.5 Å². The summed E-state index contributed by atoms with van der Waals surface area (Å²) in [6, 6.07) is 0. The fourth-order valence-electron chi connectivity index (χ4n) is 0.259. The summed E-state index contributed by atoms with van der Waals surface area (Å²) in [5.74, 6) is -0.287. The number of nitrogens with two attached hydrogens (primary N) is 1. The zero-order valence-corrected chi connectivity index (χ0v) is 9.13. The Morgan fingerprint density at radius 3 is 2.22 bits per heavy atom. The molecule has 9 heavy (non-hydrogen) atoms. The second-order valence-electron chi connectivity index (χ2n) is 1.45. The van der Waals surface area contributed by atoms with Crippen LogP contribution in [0.4, 0.5) is 0 Å². The third-order valence-electron chi connectivity index (χ3n) is 0.572. The largest absolute Gasteiger partial charge is 1.00 e. The molecule has 0 saturated heterocycles. The molecule has 0 aromatic carbocycles. The monoisotopic (exact) mass is 152 g/mol. The van der Waals surface area contributed by atoms with Crippen molar-refractivity contribution in [2.45, 2.75) is 6.92 Å². The second kappa shape index (κ2) is 6.76. The summed E-state index contributed by atoms with van der Waals surface area (Å²) in [6.07, 6.45) is 1.28. The van der Waals surface area contributed by atoms with E-state index in [1.807, 2.05) is 0 Å². The third-order valence-corrected chi connectivity index (χ3v) is 0.572. The zero-order valence-electron chi connectivity index (χ0n) is 6.01. The van der Waals surface area contributed by atoms with Gasteiger partial charge in [-0.3, -0.25) is 0 Å². The summed E-state index contributed by atoms with van der Waals surface area (Å²) in [5.41, 5.74) is 5.64. The molecule has 0 rings (SSSR count). The molecule has 0 saturated carbocycles. The summed E-state index contributed by atoms with van der Waals surface area (Å²) in [6.45, 7) is 1.64. The van der Waals surface area contributed by atoms with Crippen LogP contribution in [0.2, 0.25) is 0 Å². The van der Waals surface area contributed by atoms with Gasteiger partial charge in [0.25, 0.3) is 0 Å². The number of hydrogen-bond donors (Lipinski definition) is 1. The molecule has 3 nitrogen and oxygen atoms in total. The van der Waals surface area contributed by atoms with Gasteiger partial charge in [-0.15, -0.1) is 7.05 Å². The summed E-state index contributed by atoms with van der Waals surface area (Å²) in [4.78, 5) is 10.3. The van der Waals surface area contributed by atoms with E-state index < -0.39 is 0 Å². The number of carbonyl (C=O) groups is 1. The van der Waals surface area contributed by atoms with E-state index in [1.165, 1.54) is 13.1 Å². The average molecular weight is 152 g/mol. The van der Waals surface area contributed by atoms with E-state index in [0.29, 0.717) is 5.70 Å². The van der Waals surface area contributed by atoms with Crippen LogP contribution in [0.5, 0.6) is 0 Å². The van der Waals surface area contributed by atoms with Crippen LogP contribution in [0.15, 0.2) is 11.8 Å². The molecule has 0 fully saturated rings. The Bertz CT molecular complexity index is 118. The Morgan fingerprint density at radius 1 is 1.67 bits per heavy atom. The van der Waals surface area contributed by atoms with E-state index in [1.54, 1.807) is 6.92 Å². The third kappa shape index (κ3) is 8.65. The number of likely N-dealkylation sites (N-methyl/N-ethyl adjacent to an activating group) is 1. The fourth-order valence-corrected chi connectivity index (χ4v) is 0.259. The van der Waals surface area contributed by atoms with Crippen molar-refractivity contribution in [2.75, 3.05) is 7.05 Å². The number of amides is 1. The first-order valence-electron chi connectivity index (χ1n) is 2.24. The van der Waals surface area contributed by atoms with E-state index in [-0.39, 0.29) is 57.3 Å². The molecule has 0 aliphatic carbocycles. The molecule has 46 valence electrons. The van der Waals surface area contributed by atoms with Gasteiger partial charge in [-0.05, 0) is 13.0 Å². The van der Waals surface area contributed by atoms with Gasteiger partial charge in [-0.1, -0.05) is 0 Å². The molecule has 0 unspecified atom stereocenters. The summed E-state index contributed by atoms with van der Waals surface area (Å²) in [7, 11) is 1.43. The first kappa shape index (κ1) is 12.3. The average Bonchev–Trinajstić information content (AvgIpc) is 1.65. The van der Waals surface area contributed by atoms with Crippen LogP contribution < -0.4 is 57.1 Å². The van der Waals surface area contributed by atoms with E-state index in [9.17, 15) is 4.79 Å². The maximum Gasteiger partial charge on any atom is 1.00 e. The van der Waals surface area contributed by atoms with Gasteiger partial charge in [0.1, 0.15) is 0 Å². The number of rotatable bonds is 1.